The van der Waals surface area contributed by atoms with E-state index in [1.54, 1.807) is 4.90 Å². The smallest absolute Gasteiger partial charge is 0.317 e. The van der Waals surface area contributed by atoms with Crippen molar-refractivity contribution in [2.45, 2.75) is 32.7 Å². The van der Waals surface area contributed by atoms with Crippen LogP contribution in [0.5, 0.6) is 0 Å². The number of hydrogen-bond acceptors (Lipinski definition) is 4. The first-order chi connectivity index (χ1) is 10.0. The summed E-state index contributed by atoms with van der Waals surface area (Å²) in [6.45, 7) is 7.17. The number of carbonyl (C=O) groups excluding carboxylic acids is 1. The summed E-state index contributed by atoms with van der Waals surface area (Å²) in [5, 5.41) is 11.7. The molecule has 1 atom stereocenters. The number of urea groups is 1. The molecule has 1 aliphatic heterocycles. The predicted octanol–water partition coefficient (Wildman–Crippen LogP) is 0.934. The number of carbonyl (C=O) groups is 2. The second-order valence-corrected chi connectivity index (χ2v) is 5.57. The van der Waals surface area contributed by atoms with E-state index in [0.717, 1.165) is 13.0 Å². The number of rotatable bonds is 8. The Bertz CT molecular complexity index is 335. The van der Waals surface area contributed by atoms with E-state index in [9.17, 15) is 9.59 Å². The van der Waals surface area contributed by atoms with Gasteiger partial charge in [0.05, 0.1) is 25.7 Å². The molecule has 0 radical (unpaired) electrons. The molecule has 7 heteroatoms. The van der Waals surface area contributed by atoms with E-state index in [1.807, 2.05) is 0 Å². The fraction of sp³-hybridized carbons (Fsp3) is 0.857. The second kappa shape index (κ2) is 9.57. The van der Waals surface area contributed by atoms with Crippen LogP contribution in [-0.2, 0) is 14.3 Å². The Hall–Kier alpha value is -1.34. The van der Waals surface area contributed by atoms with Crippen molar-refractivity contribution < 1.29 is 24.2 Å². The molecule has 7 nitrogen and oxygen atoms in total. The van der Waals surface area contributed by atoms with E-state index >= 15 is 0 Å². The van der Waals surface area contributed by atoms with Crippen LogP contribution in [0.1, 0.15) is 26.7 Å². The molecule has 21 heavy (non-hydrogen) atoms. The molecule has 2 N–H and O–H groups in total. The van der Waals surface area contributed by atoms with E-state index in [4.69, 9.17) is 14.6 Å². The lowest BCUT2D eigenvalue weighted by atomic mass is 10.1. The minimum atomic E-state index is -0.926. The topological polar surface area (TPSA) is 88.1 Å². The Morgan fingerprint density at radius 2 is 2.24 bits per heavy atom. The molecule has 1 fully saturated rings. The Balaban J connectivity index is 2.24. The van der Waals surface area contributed by atoms with Crippen molar-refractivity contribution in [3.05, 3.63) is 0 Å². The van der Waals surface area contributed by atoms with Gasteiger partial charge in [-0.1, -0.05) is 13.8 Å². The van der Waals surface area contributed by atoms with Crippen LogP contribution in [0.15, 0.2) is 0 Å². The molecular weight excluding hydrogens is 276 g/mol. The number of amides is 2. The Labute approximate surface area is 125 Å². The number of hydrogen-bond donors (Lipinski definition) is 2. The van der Waals surface area contributed by atoms with Gasteiger partial charge in [0.1, 0.15) is 0 Å². The van der Waals surface area contributed by atoms with Crippen LogP contribution < -0.4 is 5.32 Å². The molecular formula is C14H26N2O5. The van der Waals surface area contributed by atoms with Gasteiger partial charge in [-0.25, -0.2) is 4.79 Å². The fourth-order valence-corrected chi connectivity index (χ4v) is 2.08. The highest BCUT2D eigenvalue weighted by Gasteiger charge is 2.28. The van der Waals surface area contributed by atoms with Gasteiger partial charge in [0.25, 0.3) is 0 Å². The minimum absolute atomic E-state index is 0.0923. The minimum Gasteiger partial charge on any atom is -0.481 e. The first-order valence-electron chi connectivity index (χ1n) is 7.42. The standard InChI is InChI=1S/C14H26N2O5/c1-11(2)9-20-6-3-4-15-14(19)16-5-7-21-10-12(16)8-13(17)18/h11-12H,3-10H2,1-2H3,(H,15,19)(H,17,18). The highest BCUT2D eigenvalue weighted by atomic mass is 16.5. The van der Waals surface area contributed by atoms with Crippen LogP contribution in [0, 0.1) is 5.92 Å². The molecule has 122 valence electrons. The van der Waals surface area contributed by atoms with E-state index in [2.05, 4.69) is 19.2 Å². The summed E-state index contributed by atoms with van der Waals surface area (Å²) in [6.07, 6.45) is 0.650. The van der Waals surface area contributed by atoms with Crippen molar-refractivity contribution in [1.29, 1.82) is 0 Å². The van der Waals surface area contributed by atoms with Crippen LogP contribution in [-0.4, -0.2) is 67.6 Å². The molecule has 1 aliphatic rings. The Kier molecular flexibility index (Phi) is 8.07. The van der Waals surface area contributed by atoms with Crippen molar-refractivity contribution in [2.24, 2.45) is 5.92 Å². The van der Waals surface area contributed by atoms with Crippen LogP contribution in [0.3, 0.4) is 0 Å². The summed E-state index contributed by atoms with van der Waals surface area (Å²) in [5.74, 6) is -0.421. The third-order valence-electron chi connectivity index (χ3n) is 3.09. The summed E-state index contributed by atoms with van der Waals surface area (Å²) in [6, 6.07) is -0.623. The van der Waals surface area contributed by atoms with Gasteiger partial charge < -0.3 is 24.8 Å². The predicted molar refractivity (Wildman–Crippen MR) is 77.2 cm³/mol. The van der Waals surface area contributed by atoms with Gasteiger partial charge in [0, 0.05) is 26.3 Å². The van der Waals surface area contributed by atoms with Crippen molar-refractivity contribution in [3.8, 4) is 0 Å². The number of nitrogens with zero attached hydrogens (tertiary/aromatic N) is 1. The third kappa shape index (κ3) is 7.29. The molecule has 1 unspecified atom stereocenters. The van der Waals surface area contributed by atoms with Gasteiger partial charge in [-0.15, -0.1) is 0 Å². The second-order valence-electron chi connectivity index (χ2n) is 5.57. The number of carboxylic acids is 1. The quantitative estimate of drug-likeness (QED) is 0.651. The van der Waals surface area contributed by atoms with Crippen LogP contribution in [0.2, 0.25) is 0 Å². The Morgan fingerprint density at radius 1 is 1.48 bits per heavy atom. The maximum atomic E-state index is 12.1. The maximum Gasteiger partial charge on any atom is 0.317 e. The van der Waals surface area contributed by atoms with Crippen LogP contribution in [0.4, 0.5) is 4.79 Å². The highest BCUT2D eigenvalue weighted by Crippen LogP contribution is 2.10. The molecule has 1 saturated heterocycles. The van der Waals surface area contributed by atoms with E-state index in [1.165, 1.54) is 0 Å². The first-order valence-corrected chi connectivity index (χ1v) is 7.42. The zero-order valence-electron chi connectivity index (χ0n) is 12.8. The van der Waals surface area contributed by atoms with E-state index in [0.29, 0.717) is 32.2 Å². The normalized spacial score (nSPS) is 18.8. The van der Waals surface area contributed by atoms with Gasteiger partial charge >= 0.3 is 12.0 Å². The molecule has 0 spiro atoms. The lowest BCUT2D eigenvalue weighted by Gasteiger charge is -2.34. The molecule has 0 aromatic heterocycles. The molecule has 0 bridgehead atoms. The number of morpholine rings is 1. The zero-order chi connectivity index (χ0) is 15.7. The molecule has 0 saturated carbocycles. The Morgan fingerprint density at radius 3 is 2.90 bits per heavy atom. The van der Waals surface area contributed by atoms with Gasteiger partial charge in [0.2, 0.25) is 0 Å². The summed E-state index contributed by atoms with van der Waals surface area (Å²) < 4.78 is 10.7. The van der Waals surface area contributed by atoms with Crippen molar-refractivity contribution in [3.63, 3.8) is 0 Å². The number of nitrogens with one attached hydrogen (secondary N) is 1. The van der Waals surface area contributed by atoms with Crippen LogP contribution in [0.25, 0.3) is 0 Å². The zero-order valence-corrected chi connectivity index (χ0v) is 12.8. The summed E-state index contributed by atoms with van der Waals surface area (Å²) in [7, 11) is 0. The SMILES string of the molecule is CC(C)COCCCNC(=O)N1CCOCC1CC(=O)O. The average Bonchev–Trinajstić information content (AvgIpc) is 2.42. The molecule has 1 rings (SSSR count). The molecule has 2 amide bonds. The molecule has 0 aliphatic carbocycles. The number of aliphatic carboxylic acids is 1. The van der Waals surface area contributed by atoms with E-state index < -0.39 is 12.0 Å². The molecule has 0 aromatic rings. The van der Waals surface area contributed by atoms with Crippen molar-refractivity contribution in [1.82, 2.24) is 10.2 Å². The molecule has 0 aromatic carbocycles. The van der Waals surface area contributed by atoms with Crippen LogP contribution >= 0.6 is 0 Å². The maximum absolute atomic E-state index is 12.1. The van der Waals surface area contributed by atoms with Gasteiger partial charge in [-0.3, -0.25) is 4.79 Å². The van der Waals surface area contributed by atoms with Crippen molar-refractivity contribution >= 4 is 12.0 Å². The molecule has 1 heterocycles. The summed E-state index contributed by atoms with van der Waals surface area (Å²) in [5.41, 5.74) is 0. The summed E-state index contributed by atoms with van der Waals surface area (Å²) in [4.78, 5) is 24.4. The lowest BCUT2D eigenvalue weighted by Crippen LogP contribution is -2.53. The monoisotopic (exact) mass is 302 g/mol. The lowest BCUT2D eigenvalue weighted by molar-refractivity contribution is -0.139. The third-order valence-corrected chi connectivity index (χ3v) is 3.09. The summed E-state index contributed by atoms with van der Waals surface area (Å²) >= 11 is 0. The van der Waals surface area contributed by atoms with Gasteiger partial charge in [-0.2, -0.15) is 0 Å². The van der Waals surface area contributed by atoms with Gasteiger partial charge in [0.15, 0.2) is 0 Å². The van der Waals surface area contributed by atoms with E-state index in [-0.39, 0.29) is 19.1 Å². The van der Waals surface area contributed by atoms with Gasteiger partial charge in [-0.05, 0) is 12.3 Å². The van der Waals surface area contributed by atoms with Crippen molar-refractivity contribution in [2.75, 3.05) is 39.5 Å². The fourth-order valence-electron chi connectivity index (χ4n) is 2.08. The average molecular weight is 302 g/mol. The first kappa shape index (κ1) is 17.7. The highest BCUT2D eigenvalue weighted by molar-refractivity contribution is 5.76. The largest absolute Gasteiger partial charge is 0.481 e. The number of carboxylic acid groups (broad SMARTS) is 1. The number of ether oxygens (including phenoxy) is 2.